The highest BCUT2D eigenvalue weighted by Crippen LogP contribution is 2.15. The minimum absolute atomic E-state index is 0.343. The standard InChI is InChI=1S/C11H16N4O2/c12-10-8(2-1-3-14-10)6-15-4-5-17-7-9(15)11(13)16/h1-3,9H,4-7H2,(H2,12,14)(H2,13,16). The number of anilines is 1. The molecule has 17 heavy (non-hydrogen) atoms. The molecule has 1 fully saturated rings. The third-order valence-corrected chi connectivity index (χ3v) is 2.87. The molecule has 1 saturated heterocycles. The van der Waals surface area contributed by atoms with E-state index >= 15 is 0 Å². The summed E-state index contributed by atoms with van der Waals surface area (Å²) < 4.78 is 5.25. The Kier molecular flexibility index (Phi) is 3.55. The second-order valence-electron chi connectivity index (χ2n) is 4.01. The number of hydrogen-bond acceptors (Lipinski definition) is 5. The van der Waals surface area contributed by atoms with E-state index in [1.54, 1.807) is 6.20 Å². The number of primary amides is 1. The van der Waals surface area contributed by atoms with Crippen LogP contribution in [0, 0.1) is 0 Å². The highest BCUT2D eigenvalue weighted by atomic mass is 16.5. The minimum atomic E-state index is -0.386. The van der Waals surface area contributed by atoms with Gasteiger partial charge in [-0.05, 0) is 6.07 Å². The fourth-order valence-corrected chi connectivity index (χ4v) is 1.89. The fourth-order valence-electron chi connectivity index (χ4n) is 1.89. The van der Waals surface area contributed by atoms with Crippen molar-refractivity contribution in [1.82, 2.24) is 9.88 Å². The summed E-state index contributed by atoms with van der Waals surface area (Å²) in [6.45, 7) is 2.18. The Bertz CT molecular complexity index is 410. The molecule has 1 aromatic rings. The second-order valence-corrected chi connectivity index (χ2v) is 4.01. The lowest BCUT2D eigenvalue weighted by molar-refractivity contribution is -0.129. The first-order chi connectivity index (χ1) is 8.18. The maximum atomic E-state index is 11.3. The van der Waals surface area contributed by atoms with Crippen LogP contribution in [0.15, 0.2) is 18.3 Å². The number of rotatable bonds is 3. The summed E-state index contributed by atoms with van der Waals surface area (Å²) in [5.74, 6) is 0.120. The number of hydrogen-bond donors (Lipinski definition) is 2. The van der Waals surface area contributed by atoms with Gasteiger partial charge in [0.2, 0.25) is 5.91 Å². The molecule has 1 unspecified atom stereocenters. The molecule has 1 aromatic heterocycles. The number of aromatic nitrogens is 1. The number of morpholine rings is 1. The molecule has 1 aliphatic heterocycles. The van der Waals surface area contributed by atoms with Crippen LogP contribution in [0.4, 0.5) is 5.82 Å². The van der Waals surface area contributed by atoms with E-state index in [4.69, 9.17) is 16.2 Å². The molecule has 0 bridgehead atoms. The highest BCUT2D eigenvalue weighted by Gasteiger charge is 2.27. The number of carbonyl (C=O) groups excluding carboxylic acids is 1. The first kappa shape index (κ1) is 11.8. The molecule has 0 spiro atoms. The van der Waals surface area contributed by atoms with Gasteiger partial charge in [0.25, 0.3) is 0 Å². The first-order valence-corrected chi connectivity index (χ1v) is 5.49. The lowest BCUT2D eigenvalue weighted by Crippen LogP contribution is -2.51. The van der Waals surface area contributed by atoms with Crippen molar-refractivity contribution < 1.29 is 9.53 Å². The van der Waals surface area contributed by atoms with Gasteiger partial charge < -0.3 is 16.2 Å². The van der Waals surface area contributed by atoms with E-state index in [-0.39, 0.29) is 11.9 Å². The van der Waals surface area contributed by atoms with Gasteiger partial charge in [-0.2, -0.15) is 0 Å². The SMILES string of the molecule is NC(=O)C1COCCN1Cc1cccnc1N. The Morgan fingerprint density at radius 2 is 2.47 bits per heavy atom. The van der Waals surface area contributed by atoms with Gasteiger partial charge in [0.15, 0.2) is 0 Å². The van der Waals surface area contributed by atoms with Gasteiger partial charge in [0, 0.05) is 24.8 Å². The highest BCUT2D eigenvalue weighted by molar-refractivity contribution is 5.80. The Morgan fingerprint density at radius 3 is 3.18 bits per heavy atom. The summed E-state index contributed by atoms with van der Waals surface area (Å²) in [4.78, 5) is 17.3. The molecule has 1 aliphatic rings. The van der Waals surface area contributed by atoms with Crippen LogP contribution in [0.5, 0.6) is 0 Å². The summed E-state index contributed by atoms with van der Waals surface area (Å²) >= 11 is 0. The molecule has 0 aromatic carbocycles. The number of pyridine rings is 1. The van der Waals surface area contributed by atoms with E-state index in [0.717, 1.165) is 5.56 Å². The molecule has 0 saturated carbocycles. The van der Waals surface area contributed by atoms with Gasteiger partial charge in [0.05, 0.1) is 13.2 Å². The van der Waals surface area contributed by atoms with Gasteiger partial charge in [-0.25, -0.2) is 4.98 Å². The molecule has 2 rings (SSSR count). The van der Waals surface area contributed by atoms with Crippen LogP contribution in [0.1, 0.15) is 5.56 Å². The molecule has 6 nitrogen and oxygen atoms in total. The largest absolute Gasteiger partial charge is 0.383 e. The zero-order valence-electron chi connectivity index (χ0n) is 9.50. The van der Waals surface area contributed by atoms with Crippen molar-refractivity contribution in [3.8, 4) is 0 Å². The van der Waals surface area contributed by atoms with Crippen LogP contribution < -0.4 is 11.5 Å². The van der Waals surface area contributed by atoms with Gasteiger partial charge in [-0.15, -0.1) is 0 Å². The molecule has 1 amide bonds. The third kappa shape index (κ3) is 2.72. The van der Waals surface area contributed by atoms with Gasteiger partial charge in [-0.3, -0.25) is 9.69 Å². The molecular weight excluding hydrogens is 220 g/mol. The summed E-state index contributed by atoms with van der Waals surface area (Å²) in [5.41, 5.74) is 12.0. The van der Waals surface area contributed by atoms with E-state index < -0.39 is 0 Å². The number of nitrogens with zero attached hydrogens (tertiary/aromatic N) is 2. The fraction of sp³-hybridized carbons (Fsp3) is 0.455. The number of amides is 1. The molecular formula is C11H16N4O2. The van der Waals surface area contributed by atoms with Crippen molar-refractivity contribution in [2.45, 2.75) is 12.6 Å². The Labute approximate surface area is 99.5 Å². The smallest absolute Gasteiger partial charge is 0.237 e. The Hall–Kier alpha value is -1.66. The van der Waals surface area contributed by atoms with Gasteiger partial charge >= 0.3 is 0 Å². The Morgan fingerprint density at radius 1 is 1.65 bits per heavy atom. The summed E-state index contributed by atoms with van der Waals surface area (Å²) in [6.07, 6.45) is 1.64. The number of nitrogen functional groups attached to an aromatic ring is 1. The van der Waals surface area contributed by atoms with Crippen LogP contribution in [0.3, 0.4) is 0 Å². The second kappa shape index (κ2) is 5.11. The van der Waals surface area contributed by atoms with Crippen molar-refractivity contribution >= 4 is 11.7 Å². The molecule has 0 radical (unpaired) electrons. The average molecular weight is 236 g/mol. The van der Waals surface area contributed by atoms with E-state index in [9.17, 15) is 4.79 Å². The van der Waals surface area contributed by atoms with Crippen LogP contribution >= 0.6 is 0 Å². The normalized spacial score (nSPS) is 21.3. The van der Waals surface area contributed by atoms with Crippen LogP contribution in [0.2, 0.25) is 0 Å². The topological polar surface area (TPSA) is 94.5 Å². The number of carbonyl (C=O) groups is 1. The average Bonchev–Trinajstić information content (AvgIpc) is 2.32. The Balaban J connectivity index is 2.11. The van der Waals surface area contributed by atoms with Crippen LogP contribution in [-0.4, -0.2) is 41.6 Å². The van der Waals surface area contributed by atoms with Gasteiger partial charge in [-0.1, -0.05) is 6.07 Å². The van der Waals surface area contributed by atoms with Crippen LogP contribution in [0.25, 0.3) is 0 Å². The van der Waals surface area contributed by atoms with E-state index in [1.807, 2.05) is 17.0 Å². The predicted octanol–water partition coefficient (Wildman–Crippen LogP) is -0.650. The van der Waals surface area contributed by atoms with E-state index in [0.29, 0.717) is 32.1 Å². The first-order valence-electron chi connectivity index (χ1n) is 5.49. The summed E-state index contributed by atoms with van der Waals surface area (Å²) in [6, 6.07) is 3.34. The lowest BCUT2D eigenvalue weighted by atomic mass is 10.1. The zero-order chi connectivity index (χ0) is 12.3. The molecule has 1 atom stereocenters. The van der Waals surface area contributed by atoms with Crippen molar-refractivity contribution in [1.29, 1.82) is 0 Å². The zero-order valence-corrected chi connectivity index (χ0v) is 9.50. The van der Waals surface area contributed by atoms with Crippen molar-refractivity contribution in [2.24, 2.45) is 5.73 Å². The van der Waals surface area contributed by atoms with Gasteiger partial charge in [0.1, 0.15) is 11.9 Å². The van der Waals surface area contributed by atoms with Crippen molar-refractivity contribution in [2.75, 3.05) is 25.5 Å². The molecule has 6 heteroatoms. The third-order valence-electron chi connectivity index (χ3n) is 2.87. The van der Waals surface area contributed by atoms with E-state index in [1.165, 1.54) is 0 Å². The molecule has 0 aliphatic carbocycles. The quantitative estimate of drug-likeness (QED) is 0.727. The van der Waals surface area contributed by atoms with E-state index in [2.05, 4.69) is 4.98 Å². The van der Waals surface area contributed by atoms with Crippen LogP contribution in [-0.2, 0) is 16.1 Å². The summed E-state index contributed by atoms with van der Waals surface area (Å²) in [7, 11) is 0. The maximum Gasteiger partial charge on any atom is 0.237 e. The monoisotopic (exact) mass is 236 g/mol. The number of ether oxygens (including phenoxy) is 1. The lowest BCUT2D eigenvalue weighted by Gasteiger charge is -2.33. The van der Waals surface area contributed by atoms with Crippen molar-refractivity contribution in [3.63, 3.8) is 0 Å². The molecule has 92 valence electrons. The minimum Gasteiger partial charge on any atom is -0.383 e. The summed E-state index contributed by atoms with van der Waals surface area (Å²) in [5, 5.41) is 0. The maximum absolute atomic E-state index is 11.3. The van der Waals surface area contributed by atoms with Crippen molar-refractivity contribution in [3.05, 3.63) is 23.9 Å². The predicted molar refractivity (Wildman–Crippen MR) is 62.9 cm³/mol. The molecule has 2 heterocycles. The molecule has 4 N–H and O–H groups in total. The number of nitrogens with two attached hydrogens (primary N) is 2.